The topological polar surface area (TPSA) is 73.0 Å². The maximum atomic E-state index is 12.2. The van der Waals surface area contributed by atoms with E-state index >= 15 is 0 Å². The normalized spacial score (nSPS) is 12.1. The van der Waals surface area contributed by atoms with Crippen molar-refractivity contribution >= 4 is 29.3 Å². The molecule has 3 rings (SSSR count). The van der Waals surface area contributed by atoms with Crippen LogP contribution in [0.25, 0.3) is 5.69 Å². The molecule has 0 radical (unpaired) electrons. The lowest BCUT2D eigenvalue weighted by Gasteiger charge is -2.13. The highest BCUT2D eigenvalue weighted by molar-refractivity contribution is 7.99. The van der Waals surface area contributed by atoms with Gasteiger partial charge in [0.15, 0.2) is 5.16 Å². The third-order valence-corrected chi connectivity index (χ3v) is 5.44. The van der Waals surface area contributed by atoms with Crippen molar-refractivity contribution in [1.29, 1.82) is 0 Å². The summed E-state index contributed by atoms with van der Waals surface area (Å²) < 4.78 is 7.14. The van der Waals surface area contributed by atoms with Gasteiger partial charge < -0.3 is 9.73 Å². The summed E-state index contributed by atoms with van der Waals surface area (Å²) in [6.45, 7) is 3.94. The molecule has 1 aromatic carbocycles. The maximum Gasteiger partial charge on any atom is 0.230 e. The van der Waals surface area contributed by atoms with Crippen molar-refractivity contribution in [3.05, 3.63) is 59.3 Å². The van der Waals surface area contributed by atoms with E-state index in [0.29, 0.717) is 10.2 Å². The number of aromatic nitrogens is 3. The first-order valence-electron chi connectivity index (χ1n) is 8.64. The summed E-state index contributed by atoms with van der Waals surface area (Å²) in [5.41, 5.74) is 1.87. The Balaban J connectivity index is 1.52. The second-order valence-corrected chi connectivity index (χ2v) is 7.64. The quantitative estimate of drug-likeness (QED) is 0.573. The minimum Gasteiger partial charge on any atom is -0.469 e. The van der Waals surface area contributed by atoms with E-state index in [0.717, 1.165) is 29.9 Å². The molecule has 8 heteroatoms. The molecule has 0 saturated carbocycles. The fourth-order valence-corrected chi connectivity index (χ4v) is 3.48. The molecule has 2 heterocycles. The number of hydrogen-bond acceptors (Lipinski definition) is 5. The summed E-state index contributed by atoms with van der Waals surface area (Å²) in [4.78, 5) is 12.2. The van der Waals surface area contributed by atoms with Gasteiger partial charge in [0.05, 0.1) is 17.7 Å². The summed E-state index contributed by atoms with van der Waals surface area (Å²) in [6, 6.07) is 9.63. The summed E-state index contributed by atoms with van der Waals surface area (Å²) >= 11 is 7.54. The van der Waals surface area contributed by atoms with E-state index in [1.807, 2.05) is 48.7 Å². The van der Waals surface area contributed by atoms with Gasteiger partial charge in [-0.05, 0) is 50.1 Å². The van der Waals surface area contributed by atoms with E-state index in [9.17, 15) is 4.79 Å². The summed E-state index contributed by atoms with van der Waals surface area (Å²) in [6.07, 6.45) is 4.89. The first kappa shape index (κ1) is 19.5. The molecule has 0 aliphatic rings. The molecular weight excluding hydrogens is 384 g/mol. The smallest absolute Gasteiger partial charge is 0.230 e. The highest BCUT2D eigenvalue weighted by atomic mass is 35.5. The Morgan fingerprint density at radius 2 is 2.26 bits per heavy atom. The zero-order chi connectivity index (χ0) is 19.2. The van der Waals surface area contributed by atoms with Crippen LogP contribution in [0.1, 0.15) is 24.7 Å². The van der Waals surface area contributed by atoms with Crippen molar-refractivity contribution in [3.63, 3.8) is 0 Å². The Kier molecular flexibility index (Phi) is 6.58. The van der Waals surface area contributed by atoms with Gasteiger partial charge in [-0.2, -0.15) is 0 Å². The number of rotatable bonds is 8. The average Bonchev–Trinajstić information content (AvgIpc) is 3.32. The summed E-state index contributed by atoms with van der Waals surface area (Å²) in [5.74, 6) is 1.15. The van der Waals surface area contributed by atoms with Gasteiger partial charge in [0.25, 0.3) is 0 Å². The van der Waals surface area contributed by atoms with Gasteiger partial charge >= 0.3 is 0 Å². The number of benzene rings is 1. The van der Waals surface area contributed by atoms with Crippen LogP contribution in [-0.2, 0) is 11.2 Å². The molecule has 0 saturated heterocycles. The van der Waals surface area contributed by atoms with E-state index in [4.69, 9.17) is 16.0 Å². The van der Waals surface area contributed by atoms with E-state index in [2.05, 4.69) is 15.5 Å². The van der Waals surface area contributed by atoms with Gasteiger partial charge in [-0.15, -0.1) is 10.2 Å². The third kappa shape index (κ3) is 5.37. The van der Waals surface area contributed by atoms with Gasteiger partial charge in [0.2, 0.25) is 5.91 Å². The molecule has 0 aliphatic heterocycles. The van der Waals surface area contributed by atoms with Crippen LogP contribution in [0.15, 0.2) is 52.5 Å². The van der Waals surface area contributed by atoms with Crippen LogP contribution in [0, 0.1) is 6.92 Å². The molecule has 2 aromatic heterocycles. The molecule has 0 bridgehead atoms. The van der Waals surface area contributed by atoms with Crippen molar-refractivity contribution in [2.24, 2.45) is 0 Å². The third-order valence-electron chi connectivity index (χ3n) is 4.09. The molecule has 1 unspecified atom stereocenters. The molecular formula is C19H21ClN4O2S. The Bertz CT molecular complexity index is 895. The first-order valence-corrected chi connectivity index (χ1v) is 10.0. The van der Waals surface area contributed by atoms with Crippen LogP contribution >= 0.6 is 23.4 Å². The van der Waals surface area contributed by atoms with Gasteiger partial charge in [-0.3, -0.25) is 9.36 Å². The number of hydrogen-bond donors (Lipinski definition) is 1. The zero-order valence-electron chi connectivity index (χ0n) is 15.2. The van der Waals surface area contributed by atoms with Crippen LogP contribution in [0.4, 0.5) is 0 Å². The fourth-order valence-electron chi connectivity index (χ4n) is 2.56. The van der Waals surface area contributed by atoms with Crippen molar-refractivity contribution in [2.75, 3.05) is 5.75 Å². The van der Waals surface area contributed by atoms with Gasteiger partial charge in [0.1, 0.15) is 12.1 Å². The lowest BCUT2D eigenvalue weighted by molar-refractivity contribution is -0.119. The van der Waals surface area contributed by atoms with Crippen molar-refractivity contribution in [2.45, 2.75) is 37.9 Å². The second kappa shape index (κ2) is 9.10. The lowest BCUT2D eigenvalue weighted by atomic mass is 10.1. The Morgan fingerprint density at radius 1 is 1.41 bits per heavy atom. The number of carbonyl (C=O) groups excluding carboxylic acids is 1. The highest BCUT2D eigenvalue weighted by Gasteiger charge is 2.13. The number of carbonyl (C=O) groups is 1. The average molecular weight is 405 g/mol. The number of aryl methyl sites for hydroxylation is 2. The van der Waals surface area contributed by atoms with Crippen LogP contribution in [-0.4, -0.2) is 32.5 Å². The predicted molar refractivity (Wildman–Crippen MR) is 106 cm³/mol. The van der Waals surface area contributed by atoms with Gasteiger partial charge in [-0.25, -0.2) is 0 Å². The Morgan fingerprint density at radius 3 is 3.00 bits per heavy atom. The second-order valence-electron chi connectivity index (χ2n) is 6.29. The number of thioether (sulfide) groups is 1. The molecule has 6 nitrogen and oxygen atoms in total. The molecule has 1 atom stereocenters. The van der Waals surface area contributed by atoms with E-state index in [1.165, 1.54) is 11.8 Å². The van der Waals surface area contributed by atoms with E-state index in [1.54, 1.807) is 12.6 Å². The van der Waals surface area contributed by atoms with Gasteiger partial charge in [-0.1, -0.05) is 29.4 Å². The number of amides is 1. The number of nitrogens with zero attached hydrogens (tertiary/aromatic N) is 3. The Hall–Kier alpha value is -2.25. The first-order chi connectivity index (χ1) is 13.0. The Labute approximate surface area is 167 Å². The van der Waals surface area contributed by atoms with E-state index in [-0.39, 0.29) is 17.7 Å². The molecule has 27 heavy (non-hydrogen) atoms. The number of halogens is 1. The minimum absolute atomic E-state index is 0.0385. The van der Waals surface area contributed by atoms with Crippen molar-refractivity contribution in [3.8, 4) is 5.69 Å². The van der Waals surface area contributed by atoms with Crippen molar-refractivity contribution < 1.29 is 9.21 Å². The minimum atomic E-state index is -0.0385. The summed E-state index contributed by atoms with van der Waals surface area (Å²) in [5, 5.41) is 12.4. The zero-order valence-corrected chi connectivity index (χ0v) is 16.8. The maximum absolute atomic E-state index is 12.2. The lowest BCUT2D eigenvalue weighted by Crippen LogP contribution is -2.34. The monoisotopic (exact) mass is 404 g/mol. The molecule has 1 amide bonds. The van der Waals surface area contributed by atoms with Gasteiger partial charge in [0, 0.05) is 17.5 Å². The van der Waals surface area contributed by atoms with Crippen LogP contribution in [0.3, 0.4) is 0 Å². The molecule has 0 fully saturated rings. The highest BCUT2D eigenvalue weighted by Crippen LogP contribution is 2.23. The molecule has 3 aromatic rings. The number of nitrogens with one attached hydrogen (secondary N) is 1. The standard InChI is InChI=1S/C19H21ClN4O2S/c1-13-5-7-15(10-17(13)20)24-12-21-23-19(24)27-11-18(25)22-14(2)6-8-16-4-3-9-26-16/h3-5,7,9-10,12,14H,6,8,11H2,1-2H3,(H,22,25). The fraction of sp³-hybridized carbons (Fsp3) is 0.316. The van der Waals surface area contributed by atoms with Crippen LogP contribution in [0.5, 0.6) is 0 Å². The molecule has 0 aliphatic carbocycles. The predicted octanol–water partition coefficient (Wildman–Crippen LogP) is 4.05. The largest absolute Gasteiger partial charge is 0.469 e. The molecule has 0 spiro atoms. The molecule has 1 N–H and O–H groups in total. The SMILES string of the molecule is Cc1ccc(-n2cnnc2SCC(=O)NC(C)CCc2ccco2)cc1Cl. The van der Waals surface area contributed by atoms with Crippen LogP contribution in [0.2, 0.25) is 5.02 Å². The summed E-state index contributed by atoms with van der Waals surface area (Å²) in [7, 11) is 0. The van der Waals surface area contributed by atoms with Crippen LogP contribution < -0.4 is 5.32 Å². The van der Waals surface area contributed by atoms with E-state index < -0.39 is 0 Å². The number of furan rings is 1. The molecule has 142 valence electrons. The van der Waals surface area contributed by atoms with Crippen molar-refractivity contribution in [1.82, 2.24) is 20.1 Å².